The number of nitrogens with zero attached hydrogens (tertiary/aromatic N) is 1. The molecule has 2 N–H and O–H groups in total. The molecule has 0 radical (unpaired) electrons. The zero-order chi connectivity index (χ0) is 23.7. The Morgan fingerprint density at radius 1 is 1.06 bits per heavy atom. The van der Waals surface area contributed by atoms with Gasteiger partial charge in [-0.3, -0.25) is 10.3 Å². The molecule has 2 aliphatic rings. The molecular weight excluding hydrogens is 500 g/mol. The number of methoxy groups -OCH3 is 1. The molecule has 2 atom stereocenters. The Morgan fingerprint density at radius 2 is 1.91 bits per heavy atom. The summed E-state index contributed by atoms with van der Waals surface area (Å²) in [6.45, 7) is 2.58. The van der Waals surface area contributed by atoms with Gasteiger partial charge in [-0.25, -0.2) is 0 Å². The second-order valence-electron chi connectivity index (χ2n) is 7.98. The van der Waals surface area contributed by atoms with Gasteiger partial charge in [0.1, 0.15) is 11.9 Å². The molecule has 0 spiro atoms. The minimum atomic E-state index is -0.401. The molecule has 0 aliphatic carbocycles. The highest BCUT2D eigenvalue weighted by Crippen LogP contribution is 2.41. The molecule has 176 valence electrons. The van der Waals surface area contributed by atoms with E-state index >= 15 is 0 Å². The number of benzene rings is 3. The van der Waals surface area contributed by atoms with E-state index in [1.54, 1.807) is 13.2 Å². The second kappa shape index (κ2) is 9.56. The van der Waals surface area contributed by atoms with Gasteiger partial charge >= 0.3 is 0 Å². The normalized spacial score (nSPS) is 19.0. The SMILES string of the molecule is CCOc1cccc([C@@H]2CC(c3ccc4c(c3)OCO4)=N[C@H](c3cc(Br)ccc3OC)N2)c1O. The first-order chi connectivity index (χ1) is 16.6. The van der Waals surface area contributed by atoms with E-state index in [1.165, 1.54) is 0 Å². The number of aromatic hydroxyl groups is 1. The number of phenols is 1. The molecule has 2 aliphatic heterocycles. The molecule has 0 saturated heterocycles. The fourth-order valence-corrected chi connectivity index (χ4v) is 4.71. The summed E-state index contributed by atoms with van der Waals surface area (Å²) in [5.74, 6) is 2.75. The first kappa shape index (κ1) is 22.6. The van der Waals surface area contributed by atoms with Crippen molar-refractivity contribution in [2.75, 3.05) is 20.5 Å². The Morgan fingerprint density at radius 3 is 2.74 bits per heavy atom. The van der Waals surface area contributed by atoms with Crippen LogP contribution in [0.4, 0.5) is 0 Å². The molecule has 3 aromatic rings. The lowest BCUT2D eigenvalue weighted by atomic mass is 9.93. The van der Waals surface area contributed by atoms with E-state index in [1.807, 2.05) is 55.5 Å². The van der Waals surface area contributed by atoms with Gasteiger partial charge in [0.15, 0.2) is 23.0 Å². The Balaban J connectivity index is 1.59. The lowest BCUT2D eigenvalue weighted by molar-refractivity contribution is 0.174. The summed E-state index contributed by atoms with van der Waals surface area (Å²) in [4.78, 5) is 5.06. The molecule has 0 aromatic heterocycles. The Hall–Kier alpha value is -3.23. The third kappa shape index (κ3) is 4.31. The van der Waals surface area contributed by atoms with Gasteiger partial charge in [0, 0.05) is 33.8 Å². The molecule has 5 rings (SSSR count). The van der Waals surface area contributed by atoms with Crippen molar-refractivity contribution < 1.29 is 24.1 Å². The number of aliphatic imine (C=N–C) groups is 1. The van der Waals surface area contributed by atoms with E-state index in [0.717, 1.165) is 38.4 Å². The van der Waals surface area contributed by atoms with Crippen LogP contribution in [0.2, 0.25) is 0 Å². The van der Waals surface area contributed by atoms with Crippen LogP contribution in [0.1, 0.15) is 42.2 Å². The second-order valence-corrected chi connectivity index (χ2v) is 8.90. The molecule has 0 unspecified atom stereocenters. The number of nitrogens with one attached hydrogen (secondary N) is 1. The monoisotopic (exact) mass is 524 g/mol. The van der Waals surface area contributed by atoms with Crippen LogP contribution in [0.15, 0.2) is 64.1 Å². The van der Waals surface area contributed by atoms with Gasteiger partial charge in [0.25, 0.3) is 0 Å². The quantitative estimate of drug-likeness (QED) is 0.442. The average molecular weight is 525 g/mol. The molecule has 34 heavy (non-hydrogen) atoms. The van der Waals surface area contributed by atoms with Crippen molar-refractivity contribution in [2.24, 2.45) is 4.99 Å². The first-order valence-electron chi connectivity index (χ1n) is 11.1. The minimum Gasteiger partial charge on any atom is -0.504 e. The van der Waals surface area contributed by atoms with Crippen LogP contribution in [0, 0.1) is 0 Å². The molecular formula is C26H25BrN2O5. The molecule has 3 aromatic carbocycles. The molecule has 0 amide bonds. The zero-order valence-corrected chi connectivity index (χ0v) is 20.5. The number of ether oxygens (including phenoxy) is 4. The van der Waals surface area contributed by atoms with E-state index in [0.29, 0.717) is 24.5 Å². The maximum atomic E-state index is 11.0. The maximum Gasteiger partial charge on any atom is 0.231 e. The summed E-state index contributed by atoms with van der Waals surface area (Å²) in [6, 6.07) is 17.0. The van der Waals surface area contributed by atoms with Gasteiger partial charge in [-0.1, -0.05) is 28.1 Å². The number of hydrogen-bond acceptors (Lipinski definition) is 7. The summed E-state index contributed by atoms with van der Waals surface area (Å²) in [6.07, 6.45) is 0.164. The van der Waals surface area contributed by atoms with Crippen LogP contribution in [0.5, 0.6) is 28.7 Å². The molecule has 0 fully saturated rings. The summed E-state index contributed by atoms with van der Waals surface area (Å²) >= 11 is 3.57. The van der Waals surface area contributed by atoms with Gasteiger partial charge in [0.05, 0.1) is 13.7 Å². The van der Waals surface area contributed by atoms with Crippen LogP contribution in [0.25, 0.3) is 0 Å². The molecule has 0 bridgehead atoms. The van der Waals surface area contributed by atoms with Crippen molar-refractivity contribution in [2.45, 2.75) is 25.6 Å². The van der Waals surface area contributed by atoms with Crippen LogP contribution < -0.4 is 24.3 Å². The number of rotatable bonds is 6. The Labute approximate surface area is 206 Å². The number of phenolic OH excluding ortho intramolecular Hbond substituents is 1. The van der Waals surface area contributed by atoms with Crippen molar-refractivity contribution in [1.82, 2.24) is 5.32 Å². The minimum absolute atomic E-state index is 0.133. The van der Waals surface area contributed by atoms with Crippen molar-refractivity contribution in [1.29, 1.82) is 0 Å². The predicted octanol–water partition coefficient (Wildman–Crippen LogP) is 5.51. The highest BCUT2D eigenvalue weighted by molar-refractivity contribution is 9.10. The largest absolute Gasteiger partial charge is 0.504 e. The van der Waals surface area contributed by atoms with E-state index in [4.69, 9.17) is 23.9 Å². The Kier molecular flexibility index (Phi) is 6.34. The van der Waals surface area contributed by atoms with Gasteiger partial charge in [-0.05, 0) is 55.0 Å². The topological polar surface area (TPSA) is 81.5 Å². The van der Waals surface area contributed by atoms with Crippen molar-refractivity contribution in [3.63, 3.8) is 0 Å². The number of fused-ring (bicyclic) bond motifs is 1. The van der Waals surface area contributed by atoms with E-state index < -0.39 is 6.17 Å². The fourth-order valence-electron chi connectivity index (χ4n) is 4.33. The molecule has 8 heteroatoms. The first-order valence-corrected chi connectivity index (χ1v) is 11.9. The van der Waals surface area contributed by atoms with E-state index in [-0.39, 0.29) is 18.6 Å². The Bertz CT molecular complexity index is 1250. The standard InChI is InChI=1S/C26H25BrN2O5/c1-3-32-23-6-4-5-17(25(23)30)20-13-19(15-7-9-22-24(11-15)34-14-33-22)28-26(29-20)18-12-16(27)8-10-21(18)31-2/h4-12,20,26,29-30H,3,13-14H2,1-2H3/t20-,26-/m0/s1. The van der Waals surface area contributed by atoms with Crippen LogP contribution >= 0.6 is 15.9 Å². The smallest absolute Gasteiger partial charge is 0.231 e. The fraction of sp³-hybridized carbons (Fsp3) is 0.269. The zero-order valence-electron chi connectivity index (χ0n) is 18.9. The van der Waals surface area contributed by atoms with Crippen LogP contribution in [0.3, 0.4) is 0 Å². The third-order valence-corrected chi connectivity index (χ3v) is 6.43. The highest BCUT2D eigenvalue weighted by atomic mass is 79.9. The van der Waals surface area contributed by atoms with Crippen molar-refractivity contribution in [3.05, 3.63) is 75.8 Å². The van der Waals surface area contributed by atoms with E-state index in [9.17, 15) is 5.11 Å². The van der Waals surface area contributed by atoms with Crippen molar-refractivity contribution >= 4 is 21.6 Å². The third-order valence-electron chi connectivity index (χ3n) is 5.94. The lowest BCUT2D eigenvalue weighted by Gasteiger charge is -2.32. The van der Waals surface area contributed by atoms with Gasteiger partial charge in [-0.2, -0.15) is 0 Å². The van der Waals surface area contributed by atoms with Crippen LogP contribution in [-0.2, 0) is 0 Å². The highest BCUT2D eigenvalue weighted by Gasteiger charge is 2.30. The molecule has 7 nitrogen and oxygen atoms in total. The number of hydrogen-bond donors (Lipinski definition) is 2. The molecule has 2 heterocycles. The summed E-state index contributed by atoms with van der Waals surface area (Å²) < 4.78 is 23.3. The summed E-state index contributed by atoms with van der Waals surface area (Å²) in [7, 11) is 1.65. The van der Waals surface area contributed by atoms with E-state index in [2.05, 4.69) is 21.2 Å². The number of halogens is 1. The average Bonchev–Trinajstić information content (AvgIpc) is 3.33. The van der Waals surface area contributed by atoms with Gasteiger partial charge in [-0.15, -0.1) is 0 Å². The van der Waals surface area contributed by atoms with Gasteiger partial charge < -0.3 is 24.1 Å². The lowest BCUT2D eigenvalue weighted by Crippen LogP contribution is -2.33. The predicted molar refractivity (Wildman–Crippen MR) is 132 cm³/mol. The molecule has 0 saturated carbocycles. The van der Waals surface area contributed by atoms with Gasteiger partial charge in [0.2, 0.25) is 6.79 Å². The summed E-state index contributed by atoms with van der Waals surface area (Å²) in [5, 5.41) is 14.6. The van der Waals surface area contributed by atoms with Crippen LogP contribution in [-0.4, -0.2) is 31.3 Å². The van der Waals surface area contributed by atoms with Crippen molar-refractivity contribution in [3.8, 4) is 28.7 Å². The number of para-hydroxylation sites is 1. The maximum absolute atomic E-state index is 11.0. The summed E-state index contributed by atoms with van der Waals surface area (Å²) in [5.41, 5.74) is 3.46.